The molecule has 0 aromatic heterocycles. The Balaban J connectivity index is 1.62. The molecule has 0 saturated carbocycles. The van der Waals surface area contributed by atoms with E-state index in [0.717, 1.165) is 25.0 Å². The number of amides is 1. The molecular weight excluding hydrogens is 318 g/mol. The second-order valence-corrected chi connectivity index (χ2v) is 6.43. The summed E-state index contributed by atoms with van der Waals surface area (Å²) in [6.07, 6.45) is 3.69. The van der Waals surface area contributed by atoms with E-state index in [0.29, 0.717) is 36.3 Å². The van der Waals surface area contributed by atoms with Crippen LogP contribution in [0.1, 0.15) is 24.8 Å². The predicted octanol–water partition coefficient (Wildman–Crippen LogP) is 2.68. The summed E-state index contributed by atoms with van der Waals surface area (Å²) in [5.74, 6) is 1.32. The molecule has 1 aromatic carbocycles. The number of benzene rings is 1. The van der Waals surface area contributed by atoms with Gasteiger partial charge in [0.05, 0.1) is 12.5 Å². The zero-order valence-corrected chi connectivity index (χ0v) is 14.1. The zero-order valence-electron chi connectivity index (χ0n) is 13.3. The van der Waals surface area contributed by atoms with Crippen LogP contribution in [0.15, 0.2) is 12.1 Å². The first-order chi connectivity index (χ1) is 11.1. The Kier molecular flexibility index (Phi) is 5.28. The highest BCUT2D eigenvalue weighted by atomic mass is 35.5. The molecule has 2 heterocycles. The van der Waals surface area contributed by atoms with Gasteiger partial charge in [0, 0.05) is 31.3 Å². The average molecular weight is 340 g/mol. The second kappa shape index (κ2) is 7.41. The van der Waals surface area contributed by atoms with Crippen LogP contribution >= 0.6 is 11.6 Å². The fourth-order valence-corrected chi connectivity index (χ4v) is 3.12. The maximum Gasteiger partial charge on any atom is 0.226 e. The van der Waals surface area contributed by atoms with Crippen molar-refractivity contribution < 1.29 is 19.0 Å². The summed E-state index contributed by atoms with van der Waals surface area (Å²) in [7, 11) is 1.81. The SMILES string of the molecule is CN(C[C@H]1CCCCO1)C(=O)Cc1cc2c(cc1Cl)OCCO2. The Morgan fingerprint density at radius 1 is 1.22 bits per heavy atom. The van der Waals surface area contributed by atoms with Crippen LogP contribution < -0.4 is 9.47 Å². The lowest BCUT2D eigenvalue weighted by molar-refractivity contribution is -0.131. The summed E-state index contributed by atoms with van der Waals surface area (Å²) in [4.78, 5) is 14.2. The van der Waals surface area contributed by atoms with Gasteiger partial charge in [-0.05, 0) is 30.9 Å². The Bertz CT molecular complexity index is 572. The third-order valence-corrected chi connectivity index (χ3v) is 4.58. The number of hydrogen-bond donors (Lipinski definition) is 0. The van der Waals surface area contributed by atoms with Crippen LogP contribution in [0.3, 0.4) is 0 Å². The molecule has 1 amide bonds. The second-order valence-electron chi connectivity index (χ2n) is 6.03. The Hall–Kier alpha value is -1.46. The van der Waals surface area contributed by atoms with Gasteiger partial charge in [0.15, 0.2) is 11.5 Å². The molecule has 0 spiro atoms. The van der Waals surface area contributed by atoms with Crippen molar-refractivity contribution in [3.8, 4) is 11.5 Å². The van der Waals surface area contributed by atoms with Crippen molar-refractivity contribution in [2.45, 2.75) is 31.8 Å². The molecule has 0 unspecified atom stereocenters. The fourth-order valence-electron chi connectivity index (χ4n) is 2.90. The average Bonchev–Trinajstić information content (AvgIpc) is 2.56. The number of hydrogen-bond acceptors (Lipinski definition) is 4. The smallest absolute Gasteiger partial charge is 0.226 e. The molecular formula is C17H22ClNO4. The van der Waals surface area contributed by atoms with Crippen LogP contribution in [0.2, 0.25) is 5.02 Å². The normalized spacial score (nSPS) is 20.2. The minimum absolute atomic E-state index is 0.0257. The standard InChI is InChI=1S/C17H22ClNO4/c1-19(11-13-4-2-3-5-21-13)17(20)9-12-8-15-16(10-14(12)18)23-7-6-22-15/h8,10,13H,2-7,9,11H2,1H3/t13-/m1/s1. The molecule has 3 rings (SSSR count). The molecule has 6 heteroatoms. The van der Waals surface area contributed by atoms with Gasteiger partial charge in [-0.3, -0.25) is 4.79 Å². The Morgan fingerprint density at radius 3 is 2.65 bits per heavy atom. The Morgan fingerprint density at radius 2 is 1.96 bits per heavy atom. The van der Waals surface area contributed by atoms with Crippen LogP contribution in [0, 0.1) is 0 Å². The van der Waals surface area contributed by atoms with E-state index in [4.69, 9.17) is 25.8 Å². The van der Waals surface area contributed by atoms with Gasteiger partial charge in [0.2, 0.25) is 5.91 Å². The van der Waals surface area contributed by atoms with E-state index in [1.54, 1.807) is 17.0 Å². The molecule has 0 radical (unpaired) electrons. The molecule has 0 aliphatic carbocycles. The quantitative estimate of drug-likeness (QED) is 0.846. The van der Waals surface area contributed by atoms with E-state index < -0.39 is 0 Å². The third kappa shape index (κ3) is 4.09. The summed E-state index contributed by atoms with van der Waals surface area (Å²) in [6.45, 7) is 2.45. The molecule has 1 fully saturated rings. The predicted molar refractivity (Wildman–Crippen MR) is 87.4 cm³/mol. The summed E-state index contributed by atoms with van der Waals surface area (Å²) in [5.41, 5.74) is 0.761. The maximum atomic E-state index is 12.4. The number of nitrogens with zero attached hydrogens (tertiary/aromatic N) is 1. The number of halogens is 1. The number of likely N-dealkylation sites (N-methyl/N-ethyl adjacent to an activating group) is 1. The summed E-state index contributed by atoms with van der Waals surface area (Å²) in [6, 6.07) is 3.53. The minimum atomic E-state index is 0.0257. The van der Waals surface area contributed by atoms with Crippen LogP contribution in [-0.4, -0.2) is 50.3 Å². The molecule has 0 N–H and O–H groups in total. The van der Waals surface area contributed by atoms with E-state index in [1.165, 1.54) is 6.42 Å². The van der Waals surface area contributed by atoms with E-state index >= 15 is 0 Å². The van der Waals surface area contributed by atoms with Crippen molar-refractivity contribution >= 4 is 17.5 Å². The molecule has 1 aromatic rings. The topological polar surface area (TPSA) is 48.0 Å². The molecule has 0 bridgehead atoms. The number of carbonyl (C=O) groups is 1. The molecule has 23 heavy (non-hydrogen) atoms. The molecule has 126 valence electrons. The minimum Gasteiger partial charge on any atom is -0.486 e. The first kappa shape index (κ1) is 16.4. The van der Waals surface area contributed by atoms with Gasteiger partial charge >= 0.3 is 0 Å². The number of fused-ring (bicyclic) bond motifs is 1. The highest BCUT2D eigenvalue weighted by molar-refractivity contribution is 6.31. The van der Waals surface area contributed by atoms with Crippen molar-refractivity contribution in [2.75, 3.05) is 33.4 Å². The summed E-state index contributed by atoms with van der Waals surface area (Å²) >= 11 is 6.27. The van der Waals surface area contributed by atoms with Crippen molar-refractivity contribution in [3.05, 3.63) is 22.7 Å². The van der Waals surface area contributed by atoms with Crippen LogP contribution in [-0.2, 0) is 16.0 Å². The van der Waals surface area contributed by atoms with Crippen molar-refractivity contribution in [3.63, 3.8) is 0 Å². The maximum absolute atomic E-state index is 12.4. The van der Waals surface area contributed by atoms with E-state index in [1.807, 2.05) is 7.05 Å². The lowest BCUT2D eigenvalue weighted by atomic mass is 10.1. The summed E-state index contributed by atoms with van der Waals surface area (Å²) < 4.78 is 16.7. The number of ether oxygens (including phenoxy) is 3. The first-order valence-corrected chi connectivity index (χ1v) is 8.45. The van der Waals surface area contributed by atoms with Crippen molar-refractivity contribution in [2.24, 2.45) is 0 Å². The van der Waals surface area contributed by atoms with Crippen LogP contribution in [0.4, 0.5) is 0 Å². The van der Waals surface area contributed by atoms with Crippen LogP contribution in [0.25, 0.3) is 0 Å². The van der Waals surface area contributed by atoms with Gasteiger partial charge in [-0.25, -0.2) is 0 Å². The molecule has 2 aliphatic rings. The fraction of sp³-hybridized carbons (Fsp3) is 0.588. The molecule has 2 aliphatic heterocycles. The van der Waals surface area contributed by atoms with E-state index in [2.05, 4.69) is 0 Å². The number of carbonyl (C=O) groups excluding carboxylic acids is 1. The van der Waals surface area contributed by atoms with Crippen LogP contribution in [0.5, 0.6) is 11.5 Å². The van der Waals surface area contributed by atoms with Gasteiger partial charge in [0.1, 0.15) is 13.2 Å². The lowest BCUT2D eigenvalue weighted by Crippen LogP contribution is -2.37. The van der Waals surface area contributed by atoms with Gasteiger partial charge < -0.3 is 19.1 Å². The van der Waals surface area contributed by atoms with Gasteiger partial charge in [-0.2, -0.15) is 0 Å². The zero-order chi connectivity index (χ0) is 16.2. The molecule has 5 nitrogen and oxygen atoms in total. The van der Waals surface area contributed by atoms with Crippen molar-refractivity contribution in [1.82, 2.24) is 4.90 Å². The summed E-state index contributed by atoms with van der Waals surface area (Å²) in [5, 5.41) is 0.532. The monoisotopic (exact) mass is 339 g/mol. The van der Waals surface area contributed by atoms with Gasteiger partial charge in [0.25, 0.3) is 0 Å². The van der Waals surface area contributed by atoms with E-state index in [9.17, 15) is 4.79 Å². The van der Waals surface area contributed by atoms with Gasteiger partial charge in [-0.15, -0.1) is 0 Å². The van der Waals surface area contributed by atoms with E-state index in [-0.39, 0.29) is 18.4 Å². The first-order valence-electron chi connectivity index (χ1n) is 8.07. The van der Waals surface area contributed by atoms with Gasteiger partial charge in [-0.1, -0.05) is 11.6 Å². The largest absolute Gasteiger partial charge is 0.486 e. The highest BCUT2D eigenvalue weighted by Crippen LogP contribution is 2.35. The highest BCUT2D eigenvalue weighted by Gasteiger charge is 2.21. The number of rotatable bonds is 4. The Labute approximate surface area is 141 Å². The molecule has 1 saturated heterocycles. The molecule has 1 atom stereocenters. The van der Waals surface area contributed by atoms with Crippen molar-refractivity contribution in [1.29, 1.82) is 0 Å². The lowest BCUT2D eigenvalue weighted by Gasteiger charge is -2.27. The third-order valence-electron chi connectivity index (χ3n) is 4.23.